The van der Waals surface area contributed by atoms with Crippen molar-refractivity contribution in [3.63, 3.8) is 0 Å². The first kappa shape index (κ1) is 10.4. The summed E-state index contributed by atoms with van der Waals surface area (Å²) in [5.41, 5.74) is 0. The molecule has 2 saturated heterocycles. The third kappa shape index (κ3) is 2.27. The molecular formula is C11H23N3. The van der Waals surface area contributed by atoms with E-state index in [1.54, 1.807) is 0 Å². The number of piperazine rings is 1. The highest BCUT2D eigenvalue weighted by Crippen LogP contribution is 2.11. The molecule has 0 bridgehead atoms. The van der Waals surface area contributed by atoms with Crippen LogP contribution in [-0.4, -0.2) is 61.2 Å². The number of rotatable bonds is 3. The summed E-state index contributed by atoms with van der Waals surface area (Å²) in [6.45, 7) is 12.1. The second kappa shape index (κ2) is 4.60. The zero-order valence-corrected chi connectivity index (χ0v) is 9.50. The molecule has 3 nitrogen and oxygen atoms in total. The summed E-state index contributed by atoms with van der Waals surface area (Å²) in [6.07, 6.45) is 1.38. The molecule has 2 fully saturated rings. The largest absolute Gasteiger partial charge is 0.313 e. The summed E-state index contributed by atoms with van der Waals surface area (Å²) in [5, 5.41) is 3.48. The Bertz CT molecular complexity index is 179. The van der Waals surface area contributed by atoms with E-state index in [9.17, 15) is 0 Å². The normalized spacial score (nSPS) is 35.6. The van der Waals surface area contributed by atoms with Crippen molar-refractivity contribution in [1.29, 1.82) is 0 Å². The van der Waals surface area contributed by atoms with Gasteiger partial charge in [-0.05, 0) is 26.4 Å². The minimum atomic E-state index is 0.744. The van der Waals surface area contributed by atoms with Crippen LogP contribution in [0.1, 0.15) is 20.3 Å². The molecule has 2 rings (SSSR count). The zero-order valence-electron chi connectivity index (χ0n) is 9.50. The van der Waals surface area contributed by atoms with Crippen LogP contribution < -0.4 is 5.32 Å². The number of hydrogen-bond donors (Lipinski definition) is 1. The molecule has 0 aromatic rings. The first-order valence-electron chi connectivity index (χ1n) is 5.99. The van der Waals surface area contributed by atoms with Crippen molar-refractivity contribution in [2.24, 2.45) is 0 Å². The van der Waals surface area contributed by atoms with Gasteiger partial charge in [0.25, 0.3) is 0 Å². The lowest BCUT2D eigenvalue weighted by molar-refractivity contribution is 0.0748. The summed E-state index contributed by atoms with van der Waals surface area (Å²) in [5.74, 6) is 0. The summed E-state index contributed by atoms with van der Waals surface area (Å²) >= 11 is 0. The van der Waals surface area contributed by atoms with Crippen molar-refractivity contribution >= 4 is 0 Å². The fourth-order valence-electron chi connectivity index (χ4n) is 2.52. The van der Waals surface area contributed by atoms with Gasteiger partial charge in [0, 0.05) is 38.3 Å². The summed E-state index contributed by atoms with van der Waals surface area (Å²) in [7, 11) is 0. The fraction of sp³-hybridized carbons (Fsp3) is 1.00. The average Bonchev–Trinajstić information content (AvgIpc) is 2.12. The topological polar surface area (TPSA) is 18.5 Å². The maximum Gasteiger partial charge on any atom is 0.0207 e. The van der Waals surface area contributed by atoms with Crippen LogP contribution in [0.3, 0.4) is 0 Å². The quantitative estimate of drug-likeness (QED) is 0.705. The number of nitrogens with one attached hydrogen (secondary N) is 1. The van der Waals surface area contributed by atoms with E-state index in [1.807, 2.05) is 0 Å². The molecule has 0 aromatic carbocycles. The van der Waals surface area contributed by atoms with E-state index < -0.39 is 0 Å². The Morgan fingerprint density at radius 3 is 2.64 bits per heavy atom. The zero-order chi connectivity index (χ0) is 9.97. The van der Waals surface area contributed by atoms with Gasteiger partial charge in [-0.15, -0.1) is 0 Å². The predicted molar refractivity (Wildman–Crippen MR) is 59.6 cm³/mol. The number of likely N-dealkylation sites (N-methyl/N-ethyl adjacent to an activating group) is 1. The second-order valence-corrected chi connectivity index (χ2v) is 4.68. The van der Waals surface area contributed by atoms with Crippen LogP contribution in [0.25, 0.3) is 0 Å². The van der Waals surface area contributed by atoms with Gasteiger partial charge in [0.2, 0.25) is 0 Å². The number of nitrogens with zero attached hydrogens (tertiary/aromatic N) is 2. The molecule has 0 saturated carbocycles. The van der Waals surface area contributed by atoms with Crippen LogP contribution in [0.15, 0.2) is 0 Å². The SMILES string of the molecule is CCN1CCN(CC2CCN2)CC1C. The van der Waals surface area contributed by atoms with E-state index in [1.165, 1.54) is 45.7 Å². The molecular weight excluding hydrogens is 174 g/mol. The van der Waals surface area contributed by atoms with Crippen LogP contribution >= 0.6 is 0 Å². The Hall–Kier alpha value is -0.120. The van der Waals surface area contributed by atoms with Crippen molar-refractivity contribution in [2.75, 3.05) is 39.3 Å². The van der Waals surface area contributed by atoms with E-state index >= 15 is 0 Å². The lowest BCUT2D eigenvalue weighted by Gasteiger charge is -2.42. The Labute approximate surface area is 87.4 Å². The summed E-state index contributed by atoms with van der Waals surface area (Å²) in [6, 6.07) is 1.53. The average molecular weight is 197 g/mol. The van der Waals surface area contributed by atoms with Crippen molar-refractivity contribution in [2.45, 2.75) is 32.4 Å². The standard InChI is InChI=1S/C11H23N3/c1-3-14-7-6-13(8-10(14)2)9-11-4-5-12-11/h10-12H,3-9H2,1-2H3. The maximum atomic E-state index is 3.48. The molecule has 1 N–H and O–H groups in total. The molecule has 0 amide bonds. The highest BCUT2D eigenvalue weighted by Gasteiger charge is 2.25. The molecule has 0 radical (unpaired) electrons. The van der Waals surface area contributed by atoms with Crippen LogP contribution in [0.2, 0.25) is 0 Å². The summed E-state index contributed by atoms with van der Waals surface area (Å²) in [4.78, 5) is 5.19. The van der Waals surface area contributed by atoms with E-state index in [-0.39, 0.29) is 0 Å². The number of hydrogen-bond acceptors (Lipinski definition) is 3. The minimum absolute atomic E-state index is 0.744. The van der Waals surface area contributed by atoms with Crippen LogP contribution in [0.4, 0.5) is 0 Å². The minimum Gasteiger partial charge on any atom is -0.313 e. The van der Waals surface area contributed by atoms with Crippen molar-refractivity contribution < 1.29 is 0 Å². The molecule has 2 aliphatic heterocycles. The second-order valence-electron chi connectivity index (χ2n) is 4.68. The fourth-order valence-corrected chi connectivity index (χ4v) is 2.52. The van der Waals surface area contributed by atoms with Crippen LogP contribution in [0.5, 0.6) is 0 Å². The van der Waals surface area contributed by atoms with Gasteiger partial charge in [0.1, 0.15) is 0 Å². The van der Waals surface area contributed by atoms with Crippen molar-refractivity contribution in [1.82, 2.24) is 15.1 Å². The third-order valence-corrected chi connectivity index (χ3v) is 3.66. The van der Waals surface area contributed by atoms with E-state index in [4.69, 9.17) is 0 Å². The van der Waals surface area contributed by atoms with Gasteiger partial charge in [-0.1, -0.05) is 6.92 Å². The molecule has 2 unspecified atom stereocenters. The lowest BCUT2D eigenvalue weighted by atomic mass is 10.1. The Kier molecular flexibility index (Phi) is 3.42. The van der Waals surface area contributed by atoms with Gasteiger partial charge >= 0.3 is 0 Å². The van der Waals surface area contributed by atoms with Crippen LogP contribution in [-0.2, 0) is 0 Å². The van der Waals surface area contributed by atoms with Gasteiger partial charge < -0.3 is 5.32 Å². The van der Waals surface area contributed by atoms with Gasteiger partial charge in [-0.3, -0.25) is 9.80 Å². The van der Waals surface area contributed by atoms with Crippen LogP contribution in [0, 0.1) is 0 Å². The Morgan fingerprint density at radius 1 is 1.36 bits per heavy atom. The molecule has 0 aliphatic carbocycles. The molecule has 2 heterocycles. The monoisotopic (exact) mass is 197 g/mol. The van der Waals surface area contributed by atoms with E-state index in [0.717, 1.165) is 12.1 Å². The van der Waals surface area contributed by atoms with E-state index in [2.05, 4.69) is 29.0 Å². The third-order valence-electron chi connectivity index (χ3n) is 3.66. The van der Waals surface area contributed by atoms with Gasteiger partial charge in [0.05, 0.1) is 0 Å². The molecule has 2 aliphatic rings. The van der Waals surface area contributed by atoms with Crippen molar-refractivity contribution in [3.8, 4) is 0 Å². The smallest absolute Gasteiger partial charge is 0.0207 e. The predicted octanol–water partition coefficient (Wildman–Crippen LogP) is 0.374. The highest BCUT2D eigenvalue weighted by atomic mass is 15.3. The lowest BCUT2D eigenvalue weighted by Crippen LogP contribution is -2.57. The highest BCUT2D eigenvalue weighted by molar-refractivity contribution is 4.85. The van der Waals surface area contributed by atoms with Gasteiger partial charge in [-0.2, -0.15) is 0 Å². The first-order valence-corrected chi connectivity index (χ1v) is 5.99. The molecule has 0 aromatic heterocycles. The molecule has 2 atom stereocenters. The Balaban J connectivity index is 1.74. The van der Waals surface area contributed by atoms with Crippen molar-refractivity contribution in [3.05, 3.63) is 0 Å². The maximum absolute atomic E-state index is 3.48. The van der Waals surface area contributed by atoms with Gasteiger partial charge in [-0.25, -0.2) is 0 Å². The summed E-state index contributed by atoms with van der Waals surface area (Å²) < 4.78 is 0. The first-order chi connectivity index (χ1) is 6.79. The molecule has 3 heteroatoms. The van der Waals surface area contributed by atoms with Gasteiger partial charge in [0.15, 0.2) is 0 Å². The molecule has 14 heavy (non-hydrogen) atoms. The molecule has 0 spiro atoms. The van der Waals surface area contributed by atoms with E-state index in [0.29, 0.717) is 0 Å². The molecule has 82 valence electrons. The Morgan fingerprint density at radius 2 is 2.14 bits per heavy atom.